The Balaban J connectivity index is 2.24. The molecule has 0 aliphatic rings. The van der Waals surface area contributed by atoms with E-state index >= 15 is 0 Å². The fraction of sp³-hybridized carbons (Fsp3) is 0.273. The number of thiol groups is 1. The summed E-state index contributed by atoms with van der Waals surface area (Å²) < 4.78 is 4.89. The number of benzene rings is 1. The maximum Gasteiger partial charge on any atom is 0.417 e. The van der Waals surface area contributed by atoms with E-state index in [4.69, 9.17) is 4.42 Å². The lowest BCUT2D eigenvalue weighted by Gasteiger charge is -2.15. The molecule has 1 heterocycles. The molecule has 90 valence electrons. The van der Waals surface area contributed by atoms with Crippen LogP contribution in [-0.4, -0.2) is 28.6 Å². The van der Waals surface area contributed by atoms with E-state index < -0.39 is 5.76 Å². The number of aromatic amines is 1. The molecule has 0 aliphatic heterocycles. The van der Waals surface area contributed by atoms with Gasteiger partial charge in [-0.25, -0.2) is 4.79 Å². The molecule has 17 heavy (non-hydrogen) atoms. The second-order valence-electron chi connectivity index (χ2n) is 3.75. The van der Waals surface area contributed by atoms with Crippen LogP contribution in [0.5, 0.6) is 0 Å². The quantitative estimate of drug-likeness (QED) is 0.801. The van der Waals surface area contributed by atoms with Crippen molar-refractivity contribution in [3.05, 3.63) is 34.3 Å². The standard InChI is InChI=1S/C11H12N2O3S/c1-13(10(14)6-17)5-7-2-3-9-8(4-7)12-11(15)16-9/h2-4,17H,5-6H2,1H3,(H,12,15). The van der Waals surface area contributed by atoms with Gasteiger partial charge in [0.15, 0.2) is 5.58 Å². The number of oxazole rings is 1. The molecular weight excluding hydrogens is 240 g/mol. The molecular formula is C11H12N2O3S. The number of rotatable bonds is 3. The Hall–Kier alpha value is -1.69. The van der Waals surface area contributed by atoms with Crippen LogP contribution in [0.25, 0.3) is 11.1 Å². The van der Waals surface area contributed by atoms with Crippen molar-refractivity contribution < 1.29 is 9.21 Å². The van der Waals surface area contributed by atoms with Crippen molar-refractivity contribution in [2.24, 2.45) is 0 Å². The Morgan fingerprint density at radius 2 is 2.29 bits per heavy atom. The minimum absolute atomic E-state index is 0.0471. The zero-order valence-electron chi connectivity index (χ0n) is 9.27. The van der Waals surface area contributed by atoms with Gasteiger partial charge in [0.1, 0.15) is 0 Å². The van der Waals surface area contributed by atoms with Crippen molar-refractivity contribution in [2.75, 3.05) is 12.8 Å². The topological polar surface area (TPSA) is 66.3 Å². The lowest BCUT2D eigenvalue weighted by atomic mass is 10.2. The van der Waals surface area contributed by atoms with E-state index in [-0.39, 0.29) is 11.7 Å². The molecule has 2 rings (SSSR count). The van der Waals surface area contributed by atoms with Gasteiger partial charge in [0, 0.05) is 13.6 Å². The summed E-state index contributed by atoms with van der Waals surface area (Å²) in [5.41, 5.74) is 2.08. The monoisotopic (exact) mass is 252 g/mol. The molecule has 1 N–H and O–H groups in total. The Bertz CT molecular complexity index is 602. The summed E-state index contributed by atoms with van der Waals surface area (Å²) >= 11 is 3.93. The highest BCUT2D eigenvalue weighted by molar-refractivity contribution is 7.81. The normalized spacial score (nSPS) is 10.7. The largest absolute Gasteiger partial charge is 0.417 e. The fourth-order valence-corrected chi connectivity index (χ4v) is 1.82. The van der Waals surface area contributed by atoms with Gasteiger partial charge in [0.05, 0.1) is 11.3 Å². The van der Waals surface area contributed by atoms with Gasteiger partial charge in [-0.15, -0.1) is 0 Å². The summed E-state index contributed by atoms with van der Waals surface area (Å²) in [6.45, 7) is 0.475. The number of carbonyl (C=O) groups excluding carboxylic acids is 1. The second kappa shape index (κ2) is 4.67. The first-order chi connectivity index (χ1) is 8.10. The maximum atomic E-state index is 11.4. The predicted octanol–water partition coefficient (Wildman–Crippen LogP) is 1.01. The smallest absolute Gasteiger partial charge is 0.408 e. The van der Waals surface area contributed by atoms with Gasteiger partial charge in [-0.2, -0.15) is 12.6 Å². The van der Waals surface area contributed by atoms with Crippen molar-refractivity contribution in [1.82, 2.24) is 9.88 Å². The summed E-state index contributed by atoms with van der Waals surface area (Å²) in [5.74, 6) is -0.340. The van der Waals surface area contributed by atoms with Crippen LogP contribution in [0.1, 0.15) is 5.56 Å². The first-order valence-corrected chi connectivity index (χ1v) is 5.70. The average Bonchev–Trinajstić information content (AvgIpc) is 2.67. The molecule has 0 unspecified atom stereocenters. The predicted molar refractivity (Wildman–Crippen MR) is 67.2 cm³/mol. The van der Waals surface area contributed by atoms with Gasteiger partial charge in [0.25, 0.3) is 0 Å². The van der Waals surface area contributed by atoms with Gasteiger partial charge in [-0.1, -0.05) is 6.07 Å². The molecule has 6 heteroatoms. The minimum Gasteiger partial charge on any atom is -0.408 e. The number of hydrogen-bond acceptors (Lipinski definition) is 4. The average molecular weight is 252 g/mol. The maximum absolute atomic E-state index is 11.4. The summed E-state index contributed by atoms with van der Waals surface area (Å²) in [7, 11) is 1.71. The van der Waals surface area contributed by atoms with E-state index in [2.05, 4.69) is 17.6 Å². The summed E-state index contributed by atoms with van der Waals surface area (Å²) in [6.07, 6.45) is 0. The highest BCUT2D eigenvalue weighted by Crippen LogP contribution is 2.13. The zero-order valence-corrected chi connectivity index (χ0v) is 10.2. The van der Waals surface area contributed by atoms with E-state index in [0.717, 1.165) is 5.56 Å². The van der Waals surface area contributed by atoms with Gasteiger partial charge >= 0.3 is 5.76 Å². The Morgan fingerprint density at radius 3 is 3.00 bits per heavy atom. The summed E-state index contributed by atoms with van der Waals surface area (Å²) in [4.78, 5) is 26.5. The lowest BCUT2D eigenvalue weighted by Crippen LogP contribution is -2.27. The third kappa shape index (κ3) is 2.52. The number of aromatic nitrogens is 1. The molecule has 1 aromatic carbocycles. The molecule has 0 atom stereocenters. The summed E-state index contributed by atoms with van der Waals surface area (Å²) in [5, 5.41) is 0. The van der Waals surface area contributed by atoms with Crippen molar-refractivity contribution in [2.45, 2.75) is 6.54 Å². The zero-order chi connectivity index (χ0) is 12.4. The van der Waals surface area contributed by atoms with Crippen molar-refractivity contribution >= 4 is 29.6 Å². The number of H-pyrrole nitrogens is 1. The SMILES string of the molecule is CN(Cc1ccc2oc(=O)[nH]c2c1)C(=O)CS. The molecule has 0 bridgehead atoms. The van der Waals surface area contributed by atoms with Crippen molar-refractivity contribution in [3.63, 3.8) is 0 Å². The molecule has 5 nitrogen and oxygen atoms in total. The van der Waals surface area contributed by atoms with Crippen LogP contribution in [0.4, 0.5) is 0 Å². The lowest BCUT2D eigenvalue weighted by molar-refractivity contribution is -0.127. The van der Waals surface area contributed by atoms with E-state index in [9.17, 15) is 9.59 Å². The molecule has 1 aromatic heterocycles. The Morgan fingerprint density at radius 1 is 1.53 bits per heavy atom. The van der Waals surface area contributed by atoms with E-state index in [1.807, 2.05) is 6.07 Å². The molecule has 2 aromatic rings. The molecule has 0 spiro atoms. The van der Waals surface area contributed by atoms with Gasteiger partial charge in [-0.3, -0.25) is 9.78 Å². The molecule has 0 aliphatic carbocycles. The second-order valence-corrected chi connectivity index (χ2v) is 4.07. The Kier molecular flexibility index (Phi) is 3.23. The van der Waals surface area contributed by atoms with Crippen LogP contribution >= 0.6 is 12.6 Å². The minimum atomic E-state index is -0.475. The van der Waals surface area contributed by atoms with Crippen LogP contribution in [0, 0.1) is 0 Å². The Labute approximate surface area is 103 Å². The highest BCUT2D eigenvalue weighted by Gasteiger charge is 2.08. The number of amides is 1. The number of nitrogens with one attached hydrogen (secondary N) is 1. The number of nitrogens with zero attached hydrogens (tertiary/aromatic N) is 1. The van der Waals surface area contributed by atoms with Crippen LogP contribution in [-0.2, 0) is 11.3 Å². The van der Waals surface area contributed by atoms with E-state index in [0.29, 0.717) is 17.6 Å². The molecule has 0 fully saturated rings. The van der Waals surface area contributed by atoms with Gasteiger partial charge < -0.3 is 9.32 Å². The van der Waals surface area contributed by atoms with Crippen LogP contribution in [0.15, 0.2) is 27.4 Å². The van der Waals surface area contributed by atoms with E-state index in [1.165, 1.54) is 0 Å². The third-order valence-electron chi connectivity index (χ3n) is 2.46. The van der Waals surface area contributed by atoms with Crippen molar-refractivity contribution in [3.8, 4) is 0 Å². The first-order valence-electron chi connectivity index (χ1n) is 5.06. The summed E-state index contributed by atoms with van der Waals surface area (Å²) in [6, 6.07) is 5.32. The highest BCUT2D eigenvalue weighted by atomic mass is 32.1. The number of hydrogen-bond donors (Lipinski definition) is 2. The van der Waals surface area contributed by atoms with E-state index in [1.54, 1.807) is 24.1 Å². The van der Waals surface area contributed by atoms with Crippen LogP contribution < -0.4 is 5.76 Å². The number of fused-ring (bicyclic) bond motifs is 1. The van der Waals surface area contributed by atoms with Gasteiger partial charge in [-0.05, 0) is 17.7 Å². The molecule has 0 saturated heterocycles. The van der Waals surface area contributed by atoms with Crippen molar-refractivity contribution in [1.29, 1.82) is 0 Å². The fourth-order valence-electron chi connectivity index (χ4n) is 1.58. The third-order valence-corrected chi connectivity index (χ3v) is 2.73. The van der Waals surface area contributed by atoms with Crippen LogP contribution in [0.2, 0.25) is 0 Å². The van der Waals surface area contributed by atoms with Gasteiger partial charge in [0.2, 0.25) is 5.91 Å². The van der Waals surface area contributed by atoms with Crippen LogP contribution in [0.3, 0.4) is 0 Å². The molecule has 1 amide bonds. The first kappa shape index (κ1) is 11.8. The molecule has 0 saturated carbocycles. The number of carbonyl (C=O) groups is 1. The molecule has 0 radical (unpaired) electrons.